The molecular weight excluding hydrogens is 364 g/mol. The Morgan fingerprint density at radius 3 is 2.39 bits per heavy atom. The van der Waals surface area contributed by atoms with Gasteiger partial charge in [-0.2, -0.15) is 0 Å². The van der Waals surface area contributed by atoms with Gasteiger partial charge in [-0.25, -0.2) is 4.90 Å². The number of carbonyl (C=O) groups excluding carboxylic acids is 4. The number of anilines is 1. The zero-order valence-corrected chi connectivity index (χ0v) is 16.2. The lowest BCUT2D eigenvalue weighted by Crippen LogP contribution is -2.46. The highest BCUT2D eigenvalue weighted by Gasteiger charge is 2.43. The molecule has 1 fully saturated rings. The average Bonchev–Trinajstić information content (AvgIpc) is 2.97. The van der Waals surface area contributed by atoms with E-state index < -0.39 is 36.2 Å². The number of imide groups is 1. The summed E-state index contributed by atoms with van der Waals surface area (Å²) in [4.78, 5) is 50.8. The van der Waals surface area contributed by atoms with Crippen LogP contribution in [-0.2, 0) is 19.2 Å². The molecule has 1 saturated heterocycles. The van der Waals surface area contributed by atoms with Crippen molar-refractivity contribution in [1.82, 2.24) is 4.90 Å². The third-order valence-electron chi connectivity index (χ3n) is 4.39. The van der Waals surface area contributed by atoms with E-state index in [0.29, 0.717) is 24.5 Å². The highest BCUT2D eigenvalue weighted by atomic mass is 16.5. The monoisotopic (exact) mass is 389 g/mol. The summed E-state index contributed by atoms with van der Waals surface area (Å²) < 4.78 is 5.50. The van der Waals surface area contributed by atoms with Gasteiger partial charge in [0.2, 0.25) is 11.8 Å². The largest absolute Gasteiger partial charge is 0.550 e. The predicted octanol–water partition coefficient (Wildman–Crippen LogP) is 0.876. The van der Waals surface area contributed by atoms with E-state index in [1.54, 1.807) is 24.3 Å². The van der Waals surface area contributed by atoms with E-state index in [1.165, 1.54) is 4.90 Å². The molecule has 0 aliphatic carbocycles. The number of ether oxygens (including phenoxy) is 1. The fourth-order valence-corrected chi connectivity index (χ4v) is 3.09. The highest BCUT2D eigenvalue weighted by Crippen LogP contribution is 2.28. The molecule has 0 radical (unpaired) electrons. The third-order valence-corrected chi connectivity index (χ3v) is 4.39. The lowest BCUT2D eigenvalue weighted by atomic mass is 10.1. The first-order valence-electron chi connectivity index (χ1n) is 9.48. The molecule has 1 aromatic rings. The van der Waals surface area contributed by atoms with Crippen LogP contribution in [0.15, 0.2) is 24.3 Å². The van der Waals surface area contributed by atoms with Crippen molar-refractivity contribution in [1.29, 1.82) is 0 Å². The molecule has 1 aliphatic heterocycles. The Balaban J connectivity index is 2.15. The molecule has 1 atom stereocenters. The minimum Gasteiger partial charge on any atom is -0.550 e. The lowest BCUT2D eigenvalue weighted by molar-refractivity contribution is -0.305. The Morgan fingerprint density at radius 2 is 1.82 bits per heavy atom. The van der Waals surface area contributed by atoms with Gasteiger partial charge in [0.1, 0.15) is 11.8 Å². The van der Waals surface area contributed by atoms with E-state index in [9.17, 15) is 24.3 Å². The van der Waals surface area contributed by atoms with Gasteiger partial charge in [-0.05, 0) is 43.5 Å². The first kappa shape index (κ1) is 21.4. The van der Waals surface area contributed by atoms with Crippen molar-refractivity contribution in [2.24, 2.45) is 0 Å². The van der Waals surface area contributed by atoms with Crippen molar-refractivity contribution >= 4 is 29.4 Å². The Hall–Kier alpha value is -2.90. The number of carboxylic acid groups (broad SMARTS) is 1. The smallest absolute Gasteiger partial charge is 0.257 e. The summed E-state index contributed by atoms with van der Waals surface area (Å²) in [5.74, 6) is -2.03. The second-order valence-electron chi connectivity index (χ2n) is 6.59. The van der Waals surface area contributed by atoms with Gasteiger partial charge in [0.05, 0.1) is 18.7 Å². The zero-order chi connectivity index (χ0) is 20.7. The number of hydrogen-bond donors (Lipinski definition) is 0. The maximum atomic E-state index is 12.9. The Labute approximate surface area is 164 Å². The Kier molecular flexibility index (Phi) is 7.54. The van der Waals surface area contributed by atoms with Gasteiger partial charge in [-0.3, -0.25) is 14.4 Å². The van der Waals surface area contributed by atoms with Gasteiger partial charge in [0.25, 0.3) is 5.91 Å². The number of rotatable bonds is 10. The molecule has 1 aliphatic rings. The SMILES string of the molecule is CCCOc1ccc(N2C(=O)C[C@@H](N(CCC)C(=O)CCC(=O)[O-])C2=O)cc1. The summed E-state index contributed by atoms with van der Waals surface area (Å²) in [6.45, 7) is 4.68. The molecular formula is C20H25N2O6-. The summed E-state index contributed by atoms with van der Waals surface area (Å²) in [5, 5.41) is 10.6. The van der Waals surface area contributed by atoms with Gasteiger partial charge in [0.15, 0.2) is 0 Å². The van der Waals surface area contributed by atoms with Crippen LogP contribution < -0.4 is 14.7 Å². The van der Waals surface area contributed by atoms with Crippen LogP contribution in [0.2, 0.25) is 0 Å². The predicted molar refractivity (Wildman–Crippen MR) is 99.4 cm³/mol. The quantitative estimate of drug-likeness (QED) is 0.550. The van der Waals surface area contributed by atoms with Gasteiger partial charge >= 0.3 is 0 Å². The molecule has 1 heterocycles. The normalized spacial score (nSPS) is 16.4. The van der Waals surface area contributed by atoms with Crippen molar-refractivity contribution in [3.8, 4) is 5.75 Å². The molecule has 2 rings (SSSR count). The van der Waals surface area contributed by atoms with E-state index in [2.05, 4.69) is 0 Å². The van der Waals surface area contributed by atoms with E-state index in [0.717, 1.165) is 11.3 Å². The molecule has 0 N–H and O–H groups in total. The van der Waals surface area contributed by atoms with Gasteiger partial charge in [-0.1, -0.05) is 13.8 Å². The summed E-state index contributed by atoms with van der Waals surface area (Å²) >= 11 is 0. The van der Waals surface area contributed by atoms with Crippen LogP contribution in [0.25, 0.3) is 0 Å². The molecule has 1 aromatic carbocycles. The molecule has 152 valence electrons. The standard InChI is InChI=1S/C20H26N2O6/c1-3-11-21(17(23)9-10-19(25)26)16-13-18(24)22(20(16)27)14-5-7-15(8-6-14)28-12-4-2/h5-8,16H,3-4,9-13H2,1-2H3,(H,25,26)/p-1/t16-/m1/s1. The molecule has 28 heavy (non-hydrogen) atoms. The maximum absolute atomic E-state index is 12.9. The molecule has 8 nitrogen and oxygen atoms in total. The number of hydrogen-bond acceptors (Lipinski definition) is 6. The zero-order valence-electron chi connectivity index (χ0n) is 16.2. The third kappa shape index (κ3) is 5.09. The highest BCUT2D eigenvalue weighted by molar-refractivity contribution is 6.23. The van der Waals surface area contributed by atoms with Crippen molar-refractivity contribution in [2.45, 2.75) is 52.0 Å². The van der Waals surface area contributed by atoms with E-state index in [4.69, 9.17) is 4.74 Å². The van der Waals surface area contributed by atoms with E-state index >= 15 is 0 Å². The number of aliphatic carboxylic acids is 1. The van der Waals surface area contributed by atoms with Gasteiger partial charge in [-0.15, -0.1) is 0 Å². The van der Waals surface area contributed by atoms with Crippen LogP contribution >= 0.6 is 0 Å². The minimum absolute atomic E-state index is 0.121. The molecule has 8 heteroatoms. The van der Waals surface area contributed by atoms with Crippen LogP contribution in [0.1, 0.15) is 46.0 Å². The summed E-state index contributed by atoms with van der Waals surface area (Å²) in [6, 6.07) is 5.72. The number of benzene rings is 1. The number of amides is 3. The fourth-order valence-electron chi connectivity index (χ4n) is 3.09. The number of carboxylic acids is 1. The molecule has 0 aromatic heterocycles. The first-order chi connectivity index (χ1) is 13.4. The van der Waals surface area contributed by atoms with Crippen LogP contribution in [0.3, 0.4) is 0 Å². The second kappa shape index (κ2) is 9.87. The molecule has 0 spiro atoms. The van der Waals surface area contributed by atoms with Crippen LogP contribution in [0, 0.1) is 0 Å². The van der Waals surface area contributed by atoms with Crippen LogP contribution in [0.5, 0.6) is 5.75 Å². The average molecular weight is 389 g/mol. The van der Waals surface area contributed by atoms with Crippen LogP contribution in [-0.4, -0.2) is 47.8 Å². The van der Waals surface area contributed by atoms with E-state index in [1.807, 2.05) is 13.8 Å². The maximum Gasteiger partial charge on any atom is 0.257 e. The van der Waals surface area contributed by atoms with Crippen molar-refractivity contribution < 1.29 is 29.0 Å². The fraction of sp³-hybridized carbons (Fsp3) is 0.500. The van der Waals surface area contributed by atoms with Crippen molar-refractivity contribution in [3.05, 3.63) is 24.3 Å². The number of nitrogens with zero attached hydrogens (tertiary/aromatic N) is 2. The molecule has 0 unspecified atom stereocenters. The minimum atomic E-state index is -1.33. The summed E-state index contributed by atoms with van der Waals surface area (Å²) in [6.07, 6.45) is 0.648. The van der Waals surface area contributed by atoms with Crippen LogP contribution in [0.4, 0.5) is 5.69 Å². The lowest BCUT2D eigenvalue weighted by Gasteiger charge is -2.27. The van der Waals surface area contributed by atoms with Gasteiger partial charge < -0.3 is 19.5 Å². The molecule has 0 bridgehead atoms. The molecule has 0 saturated carbocycles. The Morgan fingerprint density at radius 1 is 1.14 bits per heavy atom. The summed E-state index contributed by atoms with van der Waals surface area (Å²) in [7, 11) is 0. The van der Waals surface area contributed by atoms with Gasteiger partial charge in [0, 0.05) is 18.9 Å². The second-order valence-corrected chi connectivity index (χ2v) is 6.59. The van der Waals surface area contributed by atoms with Crippen molar-refractivity contribution in [3.63, 3.8) is 0 Å². The first-order valence-corrected chi connectivity index (χ1v) is 9.48. The topological polar surface area (TPSA) is 107 Å². The van der Waals surface area contributed by atoms with E-state index in [-0.39, 0.29) is 19.4 Å². The number of carbonyl (C=O) groups is 4. The Bertz CT molecular complexity index is 731. The molecule has 3 amide bonds. The van der Waals surface area contributed by atoms with Crippen molar-refractivity contribution in [2.75, 3.05) is 18.1 Å². The summed E-state index contributed by atoms with van der Waals surface area (Å²) in [5.41, 5.74) is 0.417.